The maximum Gasteiger partial charge on any atom is 0.211 e. The van der Waals surface area contributed by atoms with Crippen molar-refractivity contribution in [3.05, 3.63) is 35.4 Å². The fourth-order valence-electron chi connectivity index (χ4n) is 3.84. The van der Waals surface area contributed by atoms with Gasteiger partial charge in [-0.25, -0.2) is 12.7 Å². The van der Waals surface area contributed by atoms with Crippen molar-refractivity contribution < 1.29 is 13.2 Å². The number of hydrogen-bond donors (Lipinski definition) is 0. The minimum Gasteiger partial charge on any atom is -0.299 e. The van der Waals surface area contributed by atoms with Crippen LogP contribution >= 0.6 is 0 Å². The molecular weight excluding hydrogens is 336 g/mol. The minimum atomic E-state index is -3.16. The van der Waals surface area contributed by atoms with Gasteiger partial charge in [-0.3, -0.25) is 9.79 Å². The number of carbonyl (C=O) groups is 1. The smallest absolute Gasteiger partial charge is 0.211 e. The molecule has 0 saturated carbocycles. The van der Waals surface area contributed by atoms with Crippen LogP contribution in [-0.4, -0.2) is 49.1 Å². The summed E-state index contributed by atoms with van der Waals surface area (Å²) in [5, 5.41) is 0. The fourth-order valence-corrected chi connectivity index (χ4v) is 4.71. The van der Waals surface area contributed by atoms with E-state index >= 15 is 0 Å². The first-order chi connectivity index (χ1) is 11.7. The van der Waals surface area contributed by atoms with Gasteiger partial charge in [-0.15, -0.1) is 0 Å². The molecule has 1 aromatic rings. The number of nitrogens with zero attached hydrogens (tertiary/aromatic N) is 2. The van der Waals surface area contributed by atoms with Gasteiger partial charge in [0, 0.05) is 25.4 Å². The number of carbonyl (C=O) groups excluding carboxylic acids is 1. The highest BCUT2D eigenvalue weighted by atomic mass is 32.2. The van der Waals surface area contributed by atoms with E-state index in [2.05, 4.69) is 19.9 Å². The first kappa shape index (κ1) is 18.3. The van der Waals surface area contributed by atoms with E-state index in [1.165, 1.54) is 16.1 Å². The van der Waals surface area contributed by atoms with Crippen LogP contribution < -0.4 is 0 Å². The SMILES string of the molecule is CC1(C)Cc2ccccc2C(CC(=O)C2CCN(S(C)(=O)=O)CC2)=N1. The van der Waals surface area contributed by atoms with E-state index in [1.807, 2.05) is 18.2 Å². The van der Waals surface area contributed by atoms with Crippen molar-refractivity contribution in [2.75, 3.05) is 19.3 Å². The molecule has 0 amide bonds. The molecule has 1 aromatic carbocycles. The van der Waals surface area contributed by atoms with Gasteiger partial charge in [0.15, 0.2) is 0 Å². The maximum atomic E-state index is 12.8. The predicted molar refractivity (Wildman–Crippen MR) is 99.5 cm³/mol. The summed E-state index contributed by atoms with van der Waals surface area (Å²) in [6.07, 6.45) is 3.65. The van der Waals surface area contributed by atoms with Crippen molar-refractivity contribution in [1.82, 2.24) is 4.31 Å². The van der Waals surface area contributed by atoms with Gasteiger partial charge in [0.1, 0.15) is 5.78 Å². The van der Waals surface area contributed by atoms with Crippen molar-refractivity contribution in [3.63, 3.8) is 0 Å². The third-order valence-electron chi connectivity index (χ3n) is 5.11. The zero-order chi connectivity index (χ0) is 18.2. The van der Waals surface area contributed by atoms with Crippen LogP contribution in [0.5, 0.6) is 0 Å². The van der Waals surface area contributed by atoms with Gasteiger partial charge in [0.25, 0.3) is 0 Å². The summed E-state index contributed by atoms with van der Waals surface area (Å²) in [5.41, 5.74) is 3.02. The highest BCUT2D eigenvalue weighted by molar-refractivity contribution is 7.88. The number of sulfonamides is 1. The highest BCUT2D eigenvalue weighted by Gasteiger charge is 2.32. The zero-order valence-corrected chi connectivity index (χ0v) is 16.0. The number of benzene rings is 1. The molecule has 1 saturated heterocycles. The van der Waals surface area contributed by atoms with E-state index in [9.17, 15) is 13.2 Å². The normalized spacial score (nSPS) is 21.5. The molecule has 2 heterocycles. The lowest BCUT2D eigenvalue weighted by molar-refractivity contribution is -0.122. The summed E-state index contributed by atoms with van der Waals surface area (Å²) in [4.78, 5) is 17.6. The number of rotatable bonds is 4. The number of hydrogen-bond acceptors (Lipinski definition) is 4. The predicted octanol–water partition coefficient (Wildman–Crippen LogP) is 2.44. The van der Waals surface area contributed by atoms with Crippen LogP contribution in [0.25, 0.3) is 0 Å². The van der Waals surface area contributed by atoms with Gasteiger partial charge in [-0.1, -0.05) is 24.3 Å². The first-order valence-electron chi connectivity index (χ1n) is 8.80. The van der Waals surface area contributed by atoms with Crippen molar-refractivity contribution >= 4 is 21.5 Å². The number of aliphatic imine (C=N–C) groups is 1. The van der Waals surface area contributed by atoms with Crippen LogP contribution in [0.2, 0.25) is 0 Å². The molecule has 0 aromatic heterocycles. The second-order valence-corrected chi connectivity index (χ2v) is 9.77. The Morgan fingerprint density at radius 2 is 1.88 bits per heavy atom. The van der Waals surface area contributed by atoms with Gasteiger partial charge in [0.2, 0.25) is 10.0 Å². The molecule has 0 spiro atoms. The number of ketones is 1. The Labute approximate surface area is 150 Å². The Kier molecular flexibility index (Phi) is 4.86. The highest BCUT2D eigenvalue weighted by Crippen LogP contribution is 2.29. The van der Waals surface area contributed by atoms with Crippen LogP contribution in [0, 0.1) is 5.92 Å². The largest absolute Gasteiger partial charge is 0.299 e. The molecule has 1 fully saturated rings. The molecule has 136 valence electrons. The molecule has 25 heavy (non-hydrogen) atoms. The van der Waals surface area contributed by atoms with Crippen molar-refractivity contribution in [1.29, 1.82) is 0 Å². The lowest BCUT2D eigenvalue weighted by atomic mass is 9.83. The molecule has 0 unspecified atom stereocenters. The summed E-state index contributed by atoms with van der Waals surface area (Å²) < 4.78 is 24.7. The van der Waals surface area contributed by atoms with Gasteiger partial charge < -0.3 is 0 Å². The minimum absolute atomic E-state index is 0.0714. The Morgan fingerprint density at radius 1 is 1.24 bits per heavy atom. The van der Waals surface area contributed by atoms with Crippen LogP contribution in [0.4, 0.5) is 0 Å². The molecule has 0 radical (unpaired) electrons. The average molecular weight is 362 g/mol. The van der Waals surface area contributed by atoms with Gasteiger partial charge in [-0.2, -0.15) is 0 Å². The van der Waals surface area contributed by atoms with E-state index in [-0.39, 0.29) is 17.2 Å². The van der Waals surface area contributed by atoms with Crippen LogP contribution in [-0.2, 0) is 21.2 Å². The topological polar surface area (TPSA) is 66.8 Å². The van der Waals surface area contributed by atoms with E-state index in [4.69, 9.17) is 4.99 Å². The third-order valence-corrected chi connectivity index (χ3v) is 6.41. The summed E-state index contributed by atoms with van der Waals surface area (Å²) in [6.45, 7) is 5.06. The zero-order valence-electron chi connectivity index (χ0n) is 15.2. The summed E-state index contributed by atoms with van der Waals surface area (Å²) in [6, 6.07) is 8.17. The molecule has 5 nitrogen and oxygen atoms in total. The lowest BCUT2D eigenvalue weighted by Crippen LogP contribution is -2.40. The number of Topliss-reactive ketones (excluding diaryl/α,β-unsaturated/α-hetero) is 1. The number of fused-ring (bicyclic) bond motifs is 1. The second kappa shape index (κ2) is 6.65. The van der Waals surface area contributed by atoms with Crippen LogP contribution in [0.3, 0.4) is 0 Å². The monoisotopic (exact) mass is 362 g/mol. The van der Waals surface area contributed by atoms with Crippen LogP contribution in [0.1, 0.15) is 44.2 Å². The quantitative estimate of drug-likeness (QED) is 0.826. The molecule has 0 bridgehead atoms. The van der Waals surface area contributed by atoms with E-state index < -0.39 is 10.0 Å². The van der Waals surface area contributed by atoms with E-state index in [1.54, 1.807) is 0 Å². The Morgan fingerprint density at radius 3 is 2.52 bits per heavy atom. The van der Waals surface area contributed by atoms with E-state index in [0.717, 1.165) is 17.7 Å². The molecule has 0 N–H and O–H groups in total. The first-order valence-corrected chi connectivity index (χ1v) is 10.7. The third kappa shape index (κ3) is 4.18. The molecule has 2 aliphatic rings. The molecule has 2 aliphatic heterocycles. The fraction of sp³-hybridized carbons (Fsp3) is 0.579. The van der Waals surface area contributed by atoms with Crippen molar-refractivity contribution in [2.24, 2.45) is 10.9 Å². The van der Waals surface area contributed by atoms with Crippen LogP contribution in [0.15, 0.2) is 29.3 Å². The standard InChI is InChI=1S/C19H26N2O3S/c1-19(2)13-15-6-4-5-7-16(15)17(20-19)12-18(22)14-8-10-21(11-9-14)25(3,23)24/h4-7,14H,8-13H2,1-3H3. The summed E-state index contributed by atoms with van der Waals surface area (Å²) in [5.74, 6) is 0.109. The van der Waals surface area contributed by atoms with Crippen molar-refractivity contribution in [3.8, 4) is 0 Å². The lowest BCUT2D eigenvalue weighted by Gasteiger charge is -2.31. The molecule has 0 aliphatic carbocycles. The number of piperidine rings is 1. The molecule has 3 rings (SSSR count). The average Bonchev–Trinajstić information content (AvgIpc) is 2.53. The van der Waals surface area contributed by atoms with Gasteiger partial charge >= 0.3 is 0 Å². The Balaban J connectivity index is 1.72. The van der Waals surface area contributed by atoms with Gasteiger partial charge in [0.05, 0.1) is 17.5 Å². The Hall–Kier alpha value is -1.53. The van der Waals surface area contributed by atoms with Gasteiger partial charge in [-0.05, 0) is 44.2 Å². The molecule has 0 atom stereocenters. The maximum absolute atomic E-state index is 12.8. The van der Waals surface area contributed by atoms with Crippen molar-refractivity contribution in [2.45, 2.75) is 45.1 Å². The molecular formula is C19H26N2O3S. The summed E-state index contributed by atoms with van der Waals surface area (Å²) in [7, 11) is -3.16. The second-order valence-electron chi connectivity index (χ2n) is 7.78. The van der Waals surface area contributed by atoms with E-state index in [0.29, 0.717) is 32.4 Å². The summed E-state index contributed by atoms with van der Waals surface area (Å²) >= 11 is 0. The molecule has 6 heteroatoms. The Bertz CT molecular complexity index is 804.